The molecule has 2 atom stereocenters. The van der Waals surface area contributed by atoms with Crippen LogP contribution >= 0.6 is 0 Å². The van der Waals surface area contributed by atoms with Gasteiger partial charge < -0.3 is 0 Å². The summed E-state index contributed by atoms with van der Waals surface area (Å²) >= 11 is 0. The number of hydrogen-bond acceptors (Lipinski definition) is 0. The van der Waals surface area contributed by atoms with Crippen LogP contribution in [0.15, 0.2) is 0 Å². The first-order valence-electron chi connectivity index (χ1n) is 6.25. The van der Waals surface area contributed by atoms with Crippen LogP contribution in [-0.2, 0) is 0 Å². The third-order valence-corrected chi connectivity index (χ3v) is 3.97. The second-order valence-corrected chi connectivity index (χ2v) is 5.68. The van der Waals surface area contributed by atoms with Gasteiger partial charge in [0.05, 0.1) is 0 Å². The Kier molecular flexibility index (Phi) is 3.01. The van der Waals surface area contributed by atoms with Gasteiger partial charge in [0.25, 0.3) is 0 Å². The Morgan fingerprint density at radius 1 is 1.15 bits per heavy atom. The highest BCUT2D eigenvalue weighted by Crippen LogP contribution is 2.42. The summed E-state index contributed by atoms with van der Waals surface area (Å²) in [6.07, 6.45) is 10.6. The normalized spacial score (nSPS) is 27.2. The first kappa shape index (κ1) is 9.61. The highest BCUT2D eigenvalue weighted by Gasteiger charge is 2.28. The Morgan fingerprint density at radius 2 is 1.85 bits per heavy atom. The second kappa shape index (κ2) is 4.06. The van der Waals surface area contributed by atoms with Crippen LogP contribution in [-0.4, -0.2) is 7.85 Å². The molecule has 0 heterocycles. The van der Waals surface area contributed by atoms with Crippen molar-refractivity contribution in [3.8, 4) is 0 Å². The summed E-state index contributed by atoms with van der Waals surface area (Å²) < 4.78 is 0. The first-order chi connectivity index (χ1) is 6.25. The minimum Gasteiger partial charge on any atom is -0.0669 e. The molecule has 0 aromatic heterocycles. The fraction of sp³-hybridized carbons (Fsp3) is 1.00. The van der Waals surface area contributed by atoms with E-state index in [1.807, 2.05) is 0 Å². The Hall–Kier alpha value is 0.0649. The van der Waals surface area contributed by atoms with Crippen molar-refractivity contribution < 1.29 is 0 Å². The summed E-state index contributed by atoms with van der Waals surface area (Å²) in [5.74, 6) is 4.29. The van der Waals surface area contributed by atoms with E-state index in [4.69, 9.17) is 0 Å². The molecule has 2 rings (SSSR count). The first-order valence-corrected chi connectivity index (χ1v) is 6.25. The minimum atomic E-state index is 1.01. The molecule has 0 aromatic carbocycles. The van der Waals surface area contributed by atoms with Crippen molar-refractivity contribution in [3.63, 3.8) is 0 Å². The molecule has 0 saturated heterocycles. The molecule has 2 aliphatic rings. The molecule has 0 aromatic rings. The van der Waals surface area contributed by atoms with Crippen molar-refractivity contribution in [1.82, 2.24) is 0 Å². The predicted molar refractivity (Wildman–Crippen MR) is 60.8 cm³/mol. The van der Waals surface area contributed by atoms with Crippen LogP contribution in [0.5, 0.6) is 0 Å². The van der Waals surface area contributed by atoms with Crippen molar-refractivity contribution in [2.24, 2.45) is 17.8 Å². The lowest BCUT2D eigenvalue weighted by atomic mass is 9.77. The summed E-state index contributed by atoms with van der Waals surface area (Å²) in [6.45, 7) is 2.46. The monoisotopic (exact) mass is 178 g/mol. The van der Waals surface area contributed by atoms with E-state index < -0.39 is 0 Å². The highest BCUT2D eigenvalue weighted by atomic mass is 14.3. The van der Waals surface area contributed by atoms with Gasteiger partial charge in [-0.25, -0.2) is 0 Å². The van der Waals surface area contributed by atoms with Gasteiger partial charge in [0.1, 0.15) is 7.85 Å². The molecular weight excluding hydrogens is 155 g/mol. The summed E-state index contributed by atoms with van der Waals surface area (Å²) in [4.78, 5) is 0. The fourth-order valence-electron chi connectivity index (χ4n) is 2.49. The lowest BCUT2D eigenvalue weighted by molar-refractivity contribution is 0.435. The van der Waals surface area contributed by atoms with E-state index >= 15 is 0 Å². The van der Waals surface area contributed by atoms with Gasteiger partial charge in [0.2, 0.25) is 0 Å². The Bertz CT molecular complexity index is 159. The Morgan fingerprint density at radius 3 is 2.38 bits per heavy atom. The second-order valence-electron chi connectivity index (χ2n) is 5.68. The van der Waals surface area contributed by atoms with Crippen LogP contribution < -0.4 is 0 Å². The van der Waals surface area contributed by atoms with Crippen molar-refractivity contribution in [3.05, 3.63) is 0 Å². The number of hydrogen-bond donors (Lipinski definition) is 0. The van der Waals surface area contributed by atoms with Gasteiger partial charge in [-0.2, -0.15) is 0 Å². The standard InChI is InChI=1S/C12H23B/c1-9(8-10-3-4-10)2-7-12(13)11-5-6-11/h9-12H,2-8,13H2,1H3/t9-,12-/m0/s1. The van der Waals surface area contributed by atoms with E-state index in [-0.39, 0.29) is 0 Å². The molecule has 74 valence electrons. The summed E-state index contributed by atoms with van der Waals surface area (Å²) in [7, 11) is 2.46. The van der Waals surface area contributed by atoms with Crippen LogP contribution in [0.1, 0.15) is 51.9 Å². The molecule has 2 saturated carbocycles. The zero-order chi connectivity index (χ0) is 9.26. The average molecular weight is 178 g/mol. The quantitative estimate of drug-likeness (QED) is 0.548. The molecule has 0 amide bonds. The zero-order valence-electron chi connectivity index (χ0n) is 9.26. The topological polar surface area (TPSA) is 0 Å². The van der Waals surface area contributed by atoms with Crippen molar-refractivity contribution in [2.75, 3.05) is 0 Å². The van der Waals surface area contributed by atoms with Crippen LogP contribution in [0, 0.1) is 17.8 Å². The molecule has 0 radical (unpaired) electrons. The van der Waals surface area contributed by atoms with Crippen LogP contribution in [0.25, 0.3) is 0 Å². The van der Waals surface area contributed by atoms with Gasteiger partial charge in [-0.15, -0.1) is 0 Å². The van der Waals surface area contributed by atoms with Crippen LogP contribution in [0.4, 0.5) is 0 Å². The molecule has 2 fully saturated rings. The van der Waals surface area contributed by atoms with E-state index in [1.165, 1.54) is 44.9 Å². The van der Waals surface area contributed by atoms with Gasteiger partial charge in [0, 0.05) is 0 Å². The average Bonchev–Trinajstić information content (AvgIpc) is 2.90. The van der Waals surface area contributed by atoms with Gasteiger partial charge in [0.15, 0.2) is 0 Å². The Balaban J connectivity index is 1.54. The van der Waals surface area contributed by atoms with Crippen molar-refractivity contribution in [2.45, 2.75) is 57.7 Å². The van der Waals surface area contributed by atoms with Crippen LogP contribution in [0.2, 0.25) is 5.82 Å². The largest absolute Gasteiger partial charge is 0.105 e. The molecule has 1 heteroatoms. The molecule has 0 N–H and O–H groups in total. The van der Waals surface area contributed by atoms with Crippen molar-refractivity contribution in [1.29, 1.82) is 0 Å². The maximum absolute atomic E-state index is 2.46. The highest BCUT2D eigenvalue weighted by molar-refractivity contribution is 6.12. The molecule has 13 heavy (non-hydrogen) atoms. The SMILES string of the molecule is B[C@@H](CC[C@H](C)CC1CC1)C1CC1. The third kappa shape index (κ3) is 3.36. The molecule has 0 spiro atoms. The Labute approximate surface area is 83.9 Å². The summed E-state index contributed by atoms with van der Waals surface area (Å²) in [6, 6.07) is 0. The predicted octanol–water partition coefficient (Wildman–Crippen LogP) is 3.03. The van der Waals surface area contributed by atoms with Crippen LogP contribution in [0.3, 0.4) is 0 Å². The molecule has 2 aliphatic carbocycles. The smallest absolute Gasteiger partial charge is 0.0669 e. The fourth-order valence-corrected chi connectivity index (χ4v) is 2.49. The maximum Gasteiger partial charge on any atom is 0.105 e. The van der Waals surface area contributed by atoms with Gasteiger partial charge in [-0.05, 0) is 24.2 Å². The maximum atomic E-state index is 2.46. The zero-order valence-corrected chi connectivity index (χ0v) is 9.26. The molecule has 0 nitrogen and oxygen atoms in total. The van der Waals surface area contributed by atoms with Gasteiger partial charge >= 0.3 is 0 Å². The molecule has 0 unspecified atom stereocenters. The van der Waals surface area contributed by atoms with E-state index in [1.54, 1.807) is 0 Å². The number of rotatable bonds is 6. The van der Waals surface area contributed by atoms with E-state index in [0.29, 0.717) is 0 Å². The van der Waals surface area contributed by atoms with Gasteiger partial charge in [-0.3, -0.25) is 0 Å². The van der Waals surface area contributed by atoms with Gasteiger partial charge in [-0.1, -0.05) is 51.3 Å². The minimum absolute atomic E-state index is 1.01. The summed E-state index contributed by atoms with van der Waals surface area (Å²) in [5.41, 5.74) is 0. The lowest BCUT2D eigenvalue weighted by Gasteiger charge is -2.14. The molecular formula is C12H23B. The summed E-state index contributed by atoms with van der Waals surface area (Å²) in [5, 5.41) is 0. The molecule has 0 bridgehead atoms. The van der Waals surface area contributed by atoms with E-state index in [2.05, 4.69) is 14.8 Å². The third-order valence-electron chi connectivity index (χ3n) is 3.97. The lowest BCUT2D eigenvalue weighted by Crippen LogP contribution is -2.01. The van der Waals surface area contributed by atoms with E-state index in [9.17, 15) is 0 Å². The van der Waals surface area contributed by atoms with Crippen molar-refractivity contribution >= 4 is 7.85 Å². The van der Waals surface area contributed by atoms with E-state index in [0.717, 1.165) is 23.6 Å². The molecule has 0 aliphatic heterocycles.